The summed E-state index contributed by atoms with van der Waals surface area (Å²) in [5.41, 5.74) is 2.90. The predicted octanol–water partition coefficient (Wildman–Crippen LogP) is 2.97. The first kappa shape index (κ1) is 18.7. The Balaban J connectivity index is 2.59. The van der Waals surface area contributed by atoms with Crippen molar-refractivity contribution in [2.24, 2.45) is 11.8 Å². The summed E-state index contributed by atoms with van der Waals surface area (Å²) in [4.78, 5) is 23.4. The van der Waals surface area contributed by atoms with E-state index in [1.807, 2.05) is 68.4 Å². The Morgan fingerprint density at radius 3 is 2.04 bits per heavy atom. The van der Waals surface area contributed by atoms with E-state index in [1.54, 1.807) is 0 Å². The first-order valence-electron chi connectivity index (χ1n) is 8.38. The second-order valence-electron chi connectivity index (χ2n) is 6.55. The van der Waals surface area contributed by atoms with E-state index in [9.17, 15) is 19.8 Å². The molecule has 0 heterocycles. The third kappa shape index (κ3) is 4.08. The van der Waals surface area contributed by atoms with Crippen LogP contribution >= 0.6 is 0 Å². The van der Waals surface area contributed by atoms with Gasteiger partial charge in [-0.15, -0.1) is 0 Å². The van der Waals surface area contributed by atoms with Gasteiger partial charge in [0.15, 0.2) is 0 Å². The van der Waals surface area contributed by atoms with Crippen molar-refractivity contribution in [1.82, 2.24) is 0 Å². The molecular formula is C21H23O4-. The molecule has 1 N–H and O–H groups in total. The Bertz CT molecular complexity index is 739. The maximum absolute atomic E-state index is 12.0. The minimum Gasteiger partial charge on any atom is -0.550 e. The van der Waals surface area contributed by atoms with Crippen LogP contribution in [0.2, 0.25) is 0 Å². The molecule has 132 valence electrons. The zero-order chi connectivity index (χ0) is 18.6. The van der Waals surface area contributed by atoms with Crippen molar-refractivity contribution >= 4 is 11.9 Å². The van der Waals surface area contributed by atoms with Crippen LogP contribution in [0.15, 0.2) is 54.6 Å². The van der Waals surface area contributed by atoms with Gasteiger partial charge in [-0.3, -0.25) is 4.79 Å². The molecule has 0 saturated heterocycles. The summed E-state index contributed by atoms with van der Waals surface area (Å²) < 4.78 is 0. The number of carboxylic acid groups (broad SMARTS) is 2. The Morgan fingerprint density at radius 2 is 1.52 bits per heavy atom. The monoisotopic (exact) mass is 339 g/mol. The van der Waals surface area contributed by atoms with Gasteiger partial charge in [0.25, 0.3) is 0 Å². The van der Waals surface area contributed by atoms with Gasteiger partial charge in [-0.05, 0) is 29.5 Å². The summed E-state index contributed by atoms with van der Waals surface area (Å²) in [7, 11) is 0. The van der Waals surface area contributed by atoms with Crippen molar-refractivity contribution in [2.45, 2.75) is 32.6 Å². The largest absolute Gasteiger partial charge is 0.550 e. The number of carbonyl (C=O) groups excluding carboxylic acids is 1. The molecule has 0 aromatic heterocycles. The summed E-state index contributed by atoms with van der Waals surface area (Å²) >= 11 is 0. The summed E-state index contributed by atoms with van der Waals surface area (Å²) in [6, 6.07) is 17.1. The standard InChI is InChI=1S/C21H24O4/c1-13-9-7-8-12-17(13)14(2)18(16-10-5-4-6-11-16)19(21(24)25)15(3)20(22)23/h4-12,14-15,18-19H,1-3H3,(H,22,23)(H,24,25)/p-1. The highest BCUT2D eigenvalue weighted by Crippen LogP contribution is 2.42. The van der Waals surface area contributed by atoms with Gasteiger partial charge in [0.05, 0.1) is 5.92 Å². The molecule has 2 aromatic carbocycles. The van der Waals surface area contributed by atoms with E-state index in [0.717, 1.165) is 16.7 Å². The average Bonchev–Trinajstić information content (AvgIpc) is 2.59. The second kappa shape index (κ2) is 7.97. The quantitative estimate of drug-likeness (QED) is 0.841. The molecule has 25 heavy (non-hydrogen) atoms. The molecule has 0 aliphatic heterocycles. The summed E-state index contributed by atoms with van der Waals surface area (Å²) in [6.07, 6.45) is 0. The number of benzene rings is 2. The van der Waals surface area contributed by atoms with Gasteiger partial charge in [-0.1, -0.05) is 68.4 Å². The first-order valence-corrected chi connectivity index (χ1v) is 8.38. The van der Waals surface area contributed by atoms with Crippen LogP contribution in [0.1, 0.15) is 42.4 Å². The SMILES string of the molecule is Cc1ccccc1C(C)C(c1ccccc1)C(C(=O)O)C(C)C(=O)[O-]. The summed E-state index contributed by atoms with van der Waals surface area (Å²) in [6.45, 7) is 5.35. The average molecular weight is 339 g/mol. The molecule has 0 radical (unpaired) electrons. The topological polar surface area (TPSA) is 77.4 Å². The van der Waals surface area contributed by atoms with Crippen LogP contribution in [0.25, 0.3) is 0 Å². The molecule has 4 unspecified atom stereocenters. The number of carbonyl (C=O) groups is 2. The molecule has 0 saturated carbocycles. The third-order valence-corrected chi connectivity index (χ3v) is 4.98. The van der Waals surface area contributed by atoms with Gasteiger partial charge < -0.3 is 15.0 Å². The molecular weight excluding hydrogens is 316 g/mol. The third-order valence-electron chi connectivity index (χ3n) is 4.98. The molecule has 0 aliphatic rings. The number of aryl methyl sites for hydroxylation is 1. The molecule has 4 atom stereocenters. The van der Waals surface area contributed by atoms with Gasteiger partial charge in [0, 0.05) is 17.8 Å². The lowest BCUT2D eigenvalue weighted by Gasteiger charge is -2.34. The minimum atomic E-state index is -1.34. The predicted molar refractivity (Wildman–Crippen MR) is 94.1 cm³/mol. The van der Waals surface area contributed by atoms with E-state index in [1.165, 1.54) is 6.92 Å². The van der Waals surface area contributed by atoms with Crippen LogP contribution in [0.3, 0.4) is 0 Å². The van der Waals surface area contributed by atoms with Crippen LogP contribution in [-0.4, -0.2) is 17.0 Å². The molecule has 0 aliphatic carbocycles. The van der Waals surface area contributed by atoms with E-state index in [2.05, 4.69) is 0 Å². The second-order valence-corrected chi connectivity index (χ2v) is 6.55. The summed E-state index contributed by atoms with van der Waals surface area (Å²) in [5.74, 6) is -5.29. The minimum absolute atomic E-state index is 0.161. The maximum atomic E-state index is 12.0. The van der Waals surface area contributed by atoms with Crippen LogP contribution in [0.5, 0.6) is 0 Å². The summed E-state index contributed by atoms with van der Waals surface area (Å²) in [5, 5.41) is 21.2. The van der Waals surface area contributed by atoms with E-state index >= 15 is 0 Å². The lowest BCUT2D eigenvalue weighted by Crippen LogP contribution is -2.41. The first-order chi connectivity index (χ1) is 11.8. The normalized spacial score (nSPS) is 15.8. The highest BCUT2D eigenvalue weighted by atomic mass is 16.4. The van der Waals surface area contributed by atoms with Crippen LogP contribution in [0, 0.1) is 18.8 Å². The zero-order valence-electron chi connectivity index (χ0n) is 14.7. The smallest absolute Gasteiger partial charge is 0.307 e. The van der Waals surface area contributed by atoms with Crippen molar-refractivity contribution in [2.75, 3.05) is 0 Å². The molecule has 0 bridgehead atoms. The van der Waals surface area contributed by atoms with Crippen molar-refractivity contribution in [3.05, 3.63) is 71.3 Å². The fourth-order valence-electron chi connectivity index (χ4n) is 3.60. The molecule has 4 heteroatoms. The Morgan fingerprint density at radius 1 is 0.960 bits per heavy atom. The number of rotatable bonds is 7. The lowest BCUT2D eigenvalue weighted by atomic mass is 9.70. The molecule has 0 amide bonds. The highest BCUT2D eigenvalue weighted by Gasteiger charge is 2.38. The van der Waals surface area contributed by atoms with E-state index in [-0.39, 0.29) is 5.92 Å². The molecule has 4 nitrogen and oxygen atoms in total. The number of carboxylic acids is 2. The maximum Gasteiger partial charge on any atom is 0.307 e. The van der Waals surface area contributed by atoms with Gasteiger partial charge in [-0.2, -0.15) is 0 Å². The lowest BCUT2D eigenvalue weighted by molar-refractivity contribution is -0.312. The highest BCUT2D eigenvalue weighted by molar-refractivity contribution is 5.80. The fourth-order valence-corrected chi connectivity index (χ4v) is 3.60. The Hall–Kier alpha value is -2.62. The molecule has 0 fully saturated rings. The van der Waals surface area contributed by atoms with Crippen LogP contribution in [0.4, 0.5) is 0 Å². The molecule has 0 spiro atoms. The Kier molecular flexibility index (Phi) is 5.97. The van der Waals surface area contributed by atoms with Gasteiger partial charge >= 0.3 is 5.97 Å². The van der Waals surface area contributed by atoms with E-state index in [4.69, 9.17) is 0 Å². The van der Waals surface area contributed by atoms with E-state index < -0.39 is 29.7 Å². The van der Waals surface area contributed by atoms with Crippen LogP contribution < -0.4 is 5.11 Å². The number of hydrogen-bond donors (Lipinski definition) is 1. The van der Waals surface area contributed by atoms with Crippen molar-refractivity contribution in [3.63, 3.8) is 0 Å². The fraction of sp³-hybridized carbons (Fsp3) is 0.333. The van der Waals surface area contributed by atoms with Crippen molar-refractivity contribution in [1.29, 1.82) is 0 Å². The molecule has 2 rings (SSSR count). The van der Waals surface area contributed by atoms with Gasteiger partial charge in [-0.25, -0.2) is 0 Å². The van der Waals surface area contributed by atoms with Gasteiger partial charge in [0.2, 0.25) is 0 Å². The Labute approximate surface area is 148 Å². The number of aliphatic carboxylic acids is 2. The van der Waals surface area contributed by atoms with Crippen molar-refractivity contribution in [3.8, 4) is 0 Å². The van der Waals surface area contributed by atoms with Crippen molar-refractivity contribution < 1.29 is 19.8 Å². The number of hydrogen-bond acceptors (Lipinski definition) is 3. The molecule has 2 aromatic rings. The van der Waals surface area contributed by atoms with E-state index in [0.29, 0.717) is 0 Å². The zero-order valence-corrected chi connectivity index (χ0v) is 14.7. The van der Waals surface area contributed by atoms with Crippen LogP contribution in [-0.2, 0) is 9.59 Å². The van der Waals surface area contributed by atoms with Gasteiger partial charge in [0.1, 0.15) is 0 Å².